The fourth-order valence-electron chi connectivity index (χ4n) is 3.67. The molecule has 0 saturated heterocycles. The van der Waals surface area contributed by atoms with Gasteiger partial charge in [-0.05, 0) is 55.8 Å². The van der Waals surface area contributed by atoms with Crippen LogP contribution in [0.15, 0.2) is 66.7 Å². The second-order valence-corrected chi connectivity index (χ2v) is 7.18. The number of benzene rings is 3. The van der Waals surface area contributed by atoms with Gasteiger partial charge in [-0.25, -0.2) is 0 Å². The number of aromatic nitrogens is 1. The van der Waals surface area contributed by atoms with Gasteiger partial charge in [0, 0.05) is 38.9 Å². The minimum atomic E-state index is -0.124. The highest BCUT2D eigenvalue weighted by atomic mass is 35.5. The van der Waals surface area contributed by atoms with E-state index in [4.69, 9.17) is 11.6 Å². The van der Waals surface area contributed by atoms with Crippen LogP contribution in [0, 0.1) is 0 Å². The summed E-state index contributed by atoms with van der Waals surface area (Å²) in [6.07, 6.45) is 0. The molecule has 0 saturated carbocycles. The van der Waals surface area contributed by atoms with E-state index in [1.54, 1.807) is 24.3 Å². The molecule has 0 aliphatic heterocycles. The first-order chi connectivity index (χ1) is 13.1. The highest BCUT2D eigenvalue weighted by Crippen LogP contribution is 2.31. The lowest BCUT2D eigenvalue weighted by Crippen LogP contribution is -2.26. The van der Waals surface area contributed by atoms with Crippen molar-refractivity contribution >= 4 is 39.3 Å². The van der Waals surface area contributed by atoms with Crippen molar-refractivity contribution in [3.8, 4) is 0 Å². The number of halogens is 1. The Hall–Kier alpha value is -2.78. The lowest BCUT2D eigenvalue weighted by molar-refractivity contribution is 0.0940. The van der Waals surface area contributed by atoms with E-state index in [-0.39, 0.29) is 11.9 Å². The van der Waals surface area contributed by atoms with Crippen LogP contribution in [0.25, 0.3) is 21.8 Å². The van der Waals surface area contributed by atoms with Gasteiger partial charge in [-0.1, -0.05) is 41.9 Å². The van der Waals surface area contributed by atoms with Crippen molar-refractivity contribution in [1.82, 2.24) is 9.88 Å². The molecule has 4 heteroatoms. The van der Waals surface area contributed by atoms with Gasteiger partial charge in [-0.15, -0.1) is 0 Å². The van der Waals surface area contributed by atoms with Crippen molar-refractivity contribution in [3.05, 3.63) is 82.9 Å². The molecule has 1 heterocycles. The molecule has 3 aromatic carbocycles. The van der Waals surface area contributed by atoms with Crippen molar-refractivity contribution < 1.29 is 4.79 Å². The van der Waals surface area contributed by atoms with E-state index < -0.39 is 0 Å². The fraction of sp³-hybridized carbons (Fsp3) is 0.174. The summed E-state index contributed by atoms with van der Waals surface area (Å²) in [6, 6.07) is 21.8. The molecule has 4 aromatic rings. The van der Waals surface area contributed by atoms with Crippen molar-refractivity contribution in [1.29, 1.82) is 0 Å². The first-order valence-corrected chi connectivity index (χ1v) is 9.53. The van der Waals surface area contributed by atoms with Crippen LogP contribution in [0.3, 0.4) is 0 Å². The first-order valence-electron chi connectivity index (χ1n) is 9.16. The summed E-state index contributed by atoms with van der Waals surface area (Å²) in [5.74, 6) is -0.124. The van der Waals surface area contributed by atoms with E-state index in [1.807, 2.05) is 6.92 Å². The molecule has 0 fully saturated rings. The van der Waals surface area contributed by atoms with Crippen molar-refractivity contribution in [2.75, 3.05) is 0 Å². The van der Waals surface area contributed by atoms with E-state index in [0.29, 0.717) is 10.6 Å². The molecule has 1 amide bonds. The summed E-state index contributed by atoms with van der Waals surface area (Å²) in [7, 11) is 0. The Morgan fingerprint density at radius 2 is 1.78 bits per heavy atom. The molecule has 0 unspecified atom stereocenters. The average molecular weight is 377 g/mol. The normalized spacial score (nSPS) is 12.4. The van der Waals surface area contributed by atoms with Gasteiger partial charge in [-0.2, -0.15) is 0 Å². The molecule has 1 atom stereocenters. The maximum absolute atomic E-state index is 12.5. The zero-order valence-electron chi connectivity index (χ0n) is 15.4. The van der Waals surface area contributed by atoms with Crippen LogP contribution in [-0.4, -0.2) is 10.5 Å². The Kier molecular flexibility index (Phi) is 4.63. The summed E-state index contributed by atoms with van der Waals surface area (Å²) >= 11 is 6.00. The van der Waals surface area contributed by atoms with Gasteiger partial charge in [-0.3, -0.25) is 4.79 Å². The number of para-hydroxylation sites is 1. The highest BCUT2D eigenvalue weighted by molar-refractivity contribution is 6.31. The number of hydrogen-bond acceptors (Lipinski definition) is 1. The molecular formula is C23H21ClN2O. The summed E-state index contributed by atoms with van der Waals surface area (Å²) < 4.78 is 2.32. The van der Waals surface area contributed by atoms with Crippen molar-refractivity contribution in [2.24, 2.45) is 0 Å². The Morgan fingerprint density at radius 3 is 2.56 bits per heavy atom. The minimum Gasteiger partial charge on any atom is -0.346 e. The molecule has 0 aliphatic carbocycles. The van der Waals surface area contributed by atoms with Gasteiger partial charge in [0.2, 0.25) is 0 Å². The van der Waals surface area contributed by atoms with Gasteiger partial charge >= 0.3 is 0 Å². The van der Waals surface area contributed by atoms with Crippen LogP contribution in [0.4, 0.5) is 0 Å². The standard InChI is InChI=1S/C23H21ClN2O/c1-3-26-21-10-5-4-9-19(21)20-14-16(11-12-22(20)26)15(2)25-23(27)17-7-6-8-18(24)13-17/h4-15H,3H2,1-2H3,(H,25,27)/t15-/m0/s1. The number of carbonyl (C=O) groups excluding carboxylic acids is 1. The van der Waals surface area contributed by atoms with Crippen LogP contribution in [-0.2, 0) is 6.54 Å². The summed E-state index contributed by atoms with van der Waals surface area (Å²) in [5, 5.41) is 6.09. The maximum Gasteiger partial charge on any atom is 0.251 e. The molecule has 0 aliphatic rings. The largest absolute Gasteiger partial charge is 0.346 e. The zero-order valence-corrected chi connectivity index (χ0v) is 16.1. The maximum atomic E-state index is 12.5. The van der Waals surface area contributed by atoms with Gasteiger partial charge in [0.15, 0.2) is 0 Å². The van der Waals surface area contributed by atoms with Crippen molar-refractivity contribution in [2.45, 2.75) is 26.4 Å². The summed E-state index contributed by atoms with van der Waals surface area (Å²) in [6.45, 7) is 5.08. The predicted molar refractivity (Wildman–Crippen MR) is 112 cm³/mol. The Labute approximate surface area is 163 Å². The number of carbonyl (C=O) groups is 1. The molecule has 0 bridgehead atoms. The van der Waals surface area contributed by atoms with E-state index in [1.165, 1.54) is 21.8 Å². The van der Waals surface area contributed by atoms with Crippen LogP contribution < -0.4 is 5.32 Å². The molecule has 0 spiro atoms. The van der Waals surface area contributed by atoms with Gasteiger partial charge < -0.3 is 9.88 Å². The average Bonchev–Trinajstić information content (AvgIpc) is 3.01. The Morgan fingerprint density at radius 1 is 1.00 bits per heavy atom. The lowest BCUT2D eigenvalue weighted by atomic mass is 10.0. The molecule has 1 N–H and O–H groups in total. The summed E-state index contributed by atoms with van der Waals surface area (Å²) in [5.41, 5.74) is 4.11. The van der Waals surface area contributed by atoms with E-state index in [9.17, 15) is 4.79 Å². The van der Waals surface area contributed by atoms with E-state index >= 15 is 0 Å². The first kappa shape index (κ1) is 17.6. The van der Waals surface area contributed by atoms with Gasteiger partial charge in [0.05, 0.1) is 6.04 Å². The zero-order chi connectivity index (χ0) is 19.0. The number of hydrogen-bond donors (Lipinski definition) is 1. The number of nitrogens with one attached hydrogen (secondary N) is 1. The summed E-state index contributed by atoms with van der Waals surface area (Å²) in [4.78, 5) is 12.5. The van der Waals surface area contributed by atoms with E-state index in [2.05, 4.69) is 59.3 Å². The molecule has 3 nitrogen and oxygen atoms in total. The lowest BCUT2D eigenvalue weighted by Gasteiger charge is -2.15. The number of fused-ring (bicyclic) bond motifs is 3. The smallest absolute Gasteiger partial charge is 0.251 e. The molecular weight excluding hydrogens is 356 g/mol. The van der Waals surface area contributed by atoms with Crippen LogP contribution >= 0.6 is 11.6 Å². The quantitative estimate of drug-likeness (QED) is 0.468. The van der Waals surface area contributed by atoms with Gasteiger partial charge in [0.1, 0.15) is 0 Å². The third kappa shape index (κ3) is 3.19. The molecule has 27 heavy (non-hydrogen) atoms. The van der Waals surface area contributed by atoms with Crippen LogP contribution in [0.5, 0.6) is 0 Å². The van der Waals surface area contributed by atoms with Gasteiger partial charge in [0.25, 0.3) is 5.91 Å². The van der Waals surface area contributed by atoms with Crippen molar-refractivity contribution in [3.63, 3.8) is 0 Å². The third-order valence-electron chi connectivity index (χ3n) is 5.05. The number of rotatable bonds is 4. The predicted octanol–water partition coefficient (Wildman–Crippen LogP) is 5.96. The number of amides is 1. The number of nitrogens with zero attached hydrogens (tertiary/aromatic N) is 1. The monoisotopic (exact) mass is 376 g/mol. The molecule has 1 aromatic heterocycles. The molecule has 0 radical (unpaired) electrons. The highest BCUT2D eigenvalue weighted by Gasteiger charge is 2.15. The third-order valence-corrected chi connectivity index (χ3v) is 5.28. The fourth-order valence-corrected chi connectivity index (χ4v) is 3.86. The van der Waals surface area contributed by atoms with Crippen LogP contribution in [0.2, 0.25) is 5.02 Å². The molecule has 4 rings (SSSR count). The van der Waals surface area contributed by atoms with Crippen LogP contribution in [0.1, 0.15) is 35.8 Å². The minimum absolute atomic E-state index is 0.107. The molecule has 136 valence electrons. The van der Waals surface area contributed by atoms with E-state index in [0.717, 1.165) is 12.1 Å². The number of aryl methyl sites for hydroxylation is 1. The topological polar surface area (TPSA) is 34.0 Å². The SMILES string of the molecule is CCn1c2ccccc2c2cc([C@H](C)NC(=O)c3cccc(Cl)c3)ccc21. The second kappa shape index (κ2) is 7.09. The Bertz CT molecular complexity index is 1150. The Balaban J connectivity index is 1.69. The second-order valence-electron chi connectivity index (χ2n) is 6.74.